The van der Waals surface area contributed by atoms with Gasteiger partial charge in [-0.1, -0.05) is 23.7 Å². The van der Waals surface area contributed by atoms with Crippen LogP contribution in [-0.4, -0.2) is 22.0 Å². The molecule has 1 aromatic heterocycles. The predicted molar refractivity (Wildman–Crippen MR) is 109 cm³/mol. The number of ether oxygens (including phenoxy) is 1. The number of nitrogens with zero attached hydrogens (tertiary/aromatic N) is 3. The molecule has 0 saturated heterocycles. The van der Waals surface area contributed by atoms with Crippen LogP contribution in [0.15, 0.2) is 42.7 Å². The van der Waals surface area contributed by atoms with Crippen LogP contribution in [0.2, 0.25) is 5.02 Å². The fraction of sp³-hybridized carbons (Fsp3) is 0.158. The Morgan fingerprint density at radius 1 is 1.07 bits per heavy atom. The van der Waals surface area contributed by atoms with Crippen molar-refractivity contribution in [2.75, 3.05) is 17.7 Å². The van der Waals surface area contributed by atoms with Crippen LogP contribution in [0, 0.1) is 24.0 Å². The van der Waals surface area contributed by atoms with Gasteiger partial charge in [-0.15, -0.1) is 0 Å². The topological polar surface area (TPSA) is 102 Å². The molecule has 2 N–H and O–H groups in total. The quantitative estimate of drug-likeness (QED) is 0.436. The van der Waals surface area contributed by atoms with E-state index in [2.05, 4.69) is 20.6 Å². The molecule has 9 heteroatoms. The molecule has 2 aromatic carbocycles. The number of hydrogen-bond donors (Lipinski definition) is 2. The normalized spacial score (nSPS) is 10.4. The van der Waals surface area contributed by atoms with E-state index in [1.54, 1.807) is 18.2 Å². The molecule has 0 fully saturated rings. The first-order chi connectivity index (χ1) is 13.4. The number of nitrogens with one attached hydrogen (secondary N) is 2. The van der Waals surface area contributed by atoms with Crippen molar-refractivity contribution < 1.29 is 9.66 Å². The van der Waals surface area contributed by atoms with Crippen LogP contribution >= 0.6 is 11.6 Å². The standard InChI is InChI=1S/C19H18ClN5O3/c1-11-4-7-16(28-3)15(8-11)24-19-17(25(26)27)18(21-10-22-19)23-13-6-5-12(2)14(20)9-13/h4-10H,1-3H3,(H2,21,22,23,24). The van der Waals surface area contributed by atoms with Gasteiger partial charge in [0.1, 0.15) is 12.1 Å². The van der Waals surface area contributed by atoms with Crippen LogP contribution in [0.4, 0.5) is 28.7 Å². The van der Waals surface area contributed by atoms with E-state index >= 15 is 0 Å². The predicted octanol–water partition coefficient (Wildman–Crippen LogP) is 5.15. The average Bonchev–Trinajstić information content (AvgIpc) is 2.65. The van der Waals surface area contributed by atoms with Gasteiger partial charge < -0.3 is 15.4 Å². The Morgan fingerprint density at radius 2 is 1.79 bits per heavy atom. The molecule has 0 aliphatic heterocycles. The number of nitro groups is 1. The molecule has 0 bridgehead atoms. The second-order valence-electron chi connectivity index (χ2n) is 6.09. The van der Waals surface area contributed by atoms with Crippen molar-refractivity contribution in [2.45, 2.75) is 13.8 Å². The van der Waals surface area contributed by atoms with Gasteiger partial charge in [-0.2, -0.15) is 0 Å². The number of aromatic nitrogens is 2. The van der Waals surface area contributed by atoms with Gasteiger partial charge >= 0.3 is 5.69 Å². The summed E-state index contributed by atoms with van der Waals surface area (Å²) >= 11 is 6.14. The number of rotatable bonds is 6. The van der Waals surface area contributed by atoms with E-state index in [1.165, 1.54) is 13.4 Å². The third-order valence-corrected chi connectivity index (χ3v) is 4.45. The Kier molecular flexibility index (Phi) is 5.60. The number of methoxy groups -OCH3 is 1. The summed E-state index contributed by atoms with van der Waals surface area (Å²) in [5, 5.41) is 18.2. The molecule has 144 valence electrons. The van der Waals surface area contributed by atoms with Gasteiger partial charge in [0, 0.05) is 10.7 Å². The molecular formula is C19H18ClN5O3. The van der Waals surface area contributed by atoms with Crippen LogP contribution in [0.1, 0.15) is 11.1 Å². The zero-order valence-corrected chi connectivity index (χ0v) is 16.2. The molecule has 0 atom stereocenters. The minimum Gasteiger partial charge on any atom is -0.495 e. The number of benzene rings is 2. The first kappa shape index (κ1) is 19.4. The lowest BCUT2D eigenvalue weighted by atomic mass is 10.2. The molecular weight excluding hydrogens is 382 g/mol. The summed E-state index contributed by atoms with van der Waals surface area (Å²) < 4.78 is 5.32. The average molecular weight is 400 g/mol. The summed E-state index contributed by atoms with van der Waals surface area (Å²) in [6.45, 7) is 3.78. The summed E-state index contributed by atoms with van der Waals surface area (Å²) in [5.74, 6) is 0.636. The second kappa shape index (κ2) is 8.10. The first-order valence-corrected chi connectivity index (χ1v) is 8.71. The molecule has 0 unspecified atom stereocenters. The van der Waals surface area contributed by atoms with Gasteiger partial charge in [0.05, 0.1) is 17.7 Å². The molecule has 0 amide bonds. The molecule has 28 heavy (non-hydrogen) atoms. The van der Waals surface area contributed by atoms with Gasteiger partial charge in [0.2, 0.25) is 11.6 Å². The van der Waals surface area contributed by atoms with Crippen LogP contribution in [0.3, 0.4) is 0 Å². The third-order valence-electron chi connectivity index (χ3n) is 4.05. The van der Waals surface area contributed by atoms with Crippen LogP contribution in [0.25, 0.3) is 0 Å². The van der Waals surface area contributed by atoms with Crippen molar-refractivity contribution in [2.24, 2.45) is 0 Å². The fourth-order valence-corrected chi connectivity index (χ4v) is 2.77. The van der Waals surface area contributed by atoms with E-state index in [0.717, 1.165) is 11.1 Å². The highest BCUT2D eigenvalue weighted by Crippen LogP contribution is 2.36. The maximum Gasteiger partial charge on any atom is 0.353 e. The lowest BCUT2D eigenvalue weighted by Crippen LogP contribution is -2.06. The van der Waals surface area contributed by atoms with Crippen molar-refractivity contribution in [1.82, 2.24) is 9.97 Å². The van der Waals surface area contributed by atoms with Gasteiger partial charge in [-0.05, 0) is 49.2 Å². The second-order valence-corrected chi connectivity index (χ2v) is 6.50. The molecule has 1 heterocycles. The van der Waals surface area contributed by atoms with E-state index in [-0.39, 0.29) is 17.3 Å². The highest BCUT2D eigenvalue weighted by molar-refractivity contribution is 6.31. The molecule has 8 nitrogen and oxygen atoms in total. The number of hydrogen-bond acceptors (Lipinski definition) is 7. The van der Waals surface area contributed by atoms with Crippen molar-refractivity contribution >= 4 is 40.3 Å². The van der Waals surface area contributed by atoms with E-state index in [0.29, 0.717) is 22.1 Å². The van der Waals surface area contributed by atoms with Crippen molar-refractivity contribution in [3.8, 4) is 5.75 Å². The van der Waals surface area contributed by atoms with Gasteiger partial charge in [-0.3, -0.25) is 10.1 Å². The summed E-state index contributed by atoms with van der Waals surface area (Å²) in [4.78, 5) is 19.3. The minimum atomic E-state index is -0.539. The first-order valence-electron chi connectivity index (χ1n) is 8.33. The third kappa shape index (κ3) is 4.12. The SMILES string of the molecule is COc1ccc(C)cc1Nc1ncnc(Nc2ccc(C)c(Cl)c2)c1[N+](=O)[O-]. The molecule has 0 aliphatic rings. The summed E-state index contributed by atoms with van der Waals surface area (Å²) in [7, 11) is 1.53. The summed E-state index contributed by atoms with van der Waals surface area (Å²) in [5.41, 5.74) is 2.72. The number of aryl methyl sites for hydroxylation is 2. The lowest BCUT2D eigenvalue weighted by Gasteiger charge is -2.13. The lowest BCUT2D eigenvalue weighted by molar-refractivity contribution is -0.383. The Morgan fingerprint density at radius 3 is 2.43 bits per heavy atom. The molecule has 3 rings (SSSR count). The molecule has 3 aromatic rings. The van der Waals surface area contributed by atoms with Crippen LogP contribution in [-0.2, 0) is 0 Å². The monoisotopic (exact) mass is 399 g/mol. The van der Waals surface area contributed by atoms with Crippen molar-refractivity contribution in [3.05, 3.63) is 69.0 Å². The highest BCUT2D eigenvalue weighted by atomic mass is 35.5. The van der Waals surface area contributed by atoms with E-state index in [9.17, 15) is 10.1 Å². The summed E-state index contributed by atoms with van der Waals surface area (Å²) in [6, 6.07) is 10.7. The number of halogens is 1. The zero-order valence-electron chi connectivity index (χ0n) is 15.5. The van der Waals surface area contributed by atoms with E-state index in [4.69, 9.17) is 16.3 Å². The molecule has 0 radical (unpaired) electrons. The largest absolute Gasteiger partial charge is 0.495 e. The Labute approximate surface area is 166 Å². The zero-order chi connectivity index (χ0) is 20.3. The van der Waals surface area contributed by atoms with Crippen LogP contribution in [0.5, 0.6) is 5.75 Å². The van der Waals surface area contributed by atoms with Crippen molar-refractivity contribution in [1.29, 1.82) is 0 Å². The molecule has 0 saturated carbocycles. The van der Waals surface area contributed by atoms with Crippen molar-refractivity contribution in [3.63, 3.8) is 0 Å². The maximum atomic E-state index is 11.8. The molecule has 0 spiro atoms. The Balaban J connectivity index is 2.01. The minimum absolute atomic E-state index is 0.0459. The number of anilines is 4. The van der Waals surface area contributed by atoms with Gasteiger partial charge in [-0.25, -0.2) is 9.97 Å². The van der Waals surface area contributed by atoms with E-state index < -0.39 is 4.92 Å². The highest BCUT2D eigenvalue weighted by Gasteiger charge is 2.24. The smallest absolute Gasteiger partial charge is 0.353 e. The maximum absolute atomic E-state index is 11.8. The Bertz CT molecular complexity index is 1040. The van der Waals surface area contributed by atoms with Gasteiger partial charge in [0.25, 0.3) is 0 Å². The molecule has 0 aliphatic carbocycles. The summed E-state index contributed by atoms with van der Waals surface area (Å²) in [6.07, 6.45) is 1.25. The van der Waals surface area contributed by atoms with Crippen LogP contribution < -0.4 is 15.4 Å². The fourth-order valence-electron chi connectivity index (χ4n) is 2.59. The van der Waals surface area contributed by atoms with Gasteiger partial charge in [0.15, 0.2) is 0 Å². The Hall–Kier alpha value is -3.39. The van der Waals surface area contributed by atoms with E-state index in [1.807, 2.05) is 32.0 Å².